The van der Waals surface area contributed by atoms with Gasteiger partial charge in [0.15, 0.2) is 5.69 Å². The van der Waals surface area contributed by atoms with Gasteiger partial charge in [-0.05, 0) is 20.8 Å². The fourth-order valence-electron chi connectivity index (χ4n) is 2.09. The van der Waals surface area contributed by atoms with E-state index in [1.165, 1.54) is 6.92 Å². The van der Waals surface area contributed by atoms with Crippen molar-refractivity contribution in [1.29, 1.82) is 0 Å². The molecule has 23 heavy (non-hydrogen) atoms. The van der Waals surface area contributed by atoms with Gasteiger partial charge in [-0.25, -0.2) is 0 Å². The van der Waals surface area contributed by atoms with E-state index in [0.29, 0.717) is 16.4 Å². The highest BCUT2D eigenvalue weighted by atomic mass is 35.5. The average Bonchev–Trinajstić information content (AvgIpc) is 2.92. The Labute approximate surface area is 135 Å². The summed E-state index contributed by atoms with van der Waals surface area (Å²) >= 11 is 6.00. The van der Waals surface area contributed by atoms with E-state index in [-0.39, 0.29) is 24.3 Å². The Hall–Kier alpha value is -2.03. The molecule has 0 spiro atoms. The van der Waals surface area contributed by atoms with Crippen molar-refractivity contribution in [3.8, 4) is 0 Å². The van der Waals surface area contributed by atoms with E-state index in [1.54, 1.807) is 18.5 Å². The number of carbonyl (C=O) groups is 1. The summed E-state index contributed by atoms with van der Waals surface area (Å²) in [6.45, 7) is 5.10. The molecule has 2 aromatic rings. The second-order valence-electron chi connectivity index (χ2n) is 5.08. The van der Waals surface area contributed by atoms with E-state index in [1.807, 2.05) is 0 Å². The SMILES string of the molecule is Cc1nn(CCC(=O)Nc2c(C(F)(F)F)n[nH]c2C)c(C)c1Cl. The van der Waals surface area contributed by atoms with Gasteiger partial charge in [-0.3, -0.25) is 14.6 Å². The zero-order valence-corrected chi connectivity index (χ0v) is 13.4. The molecule has 2 N–H and O–H groups in total. The predicted octanol–water partition coefficient (Wildman–Crippen LogP) is 3.23. The first-order valence-corrected chi connectivity index (χ1v) is 7.10. The van der Waals surface area contributed by atoms with Crippen LogP contribution in [0.5, 0.6) is 0 Å². The monoisotopic (exact) mass is 349 g/mol. The number of aromatic nitrogens is 4. The third-order valence-corrected chi connectivity index (χ3v) is 3.87. The van der Waals surface area contributed by atoms with Crippen LogP contribution in [-0.2, 0) is 17.5 Å². The normalized spacial score (nSPS) is 11.8. The molecule has 0 fully saturated rings. The van der Waals surface area contributed by atoms with Gasteiger partial charge in [0, 0.05) is 6.42 Å². The molecule has 1 amide bonds. The lowest BCUT2D eigenvalue weighted by molar-refractivity contribution is -0.140. The first-order chi connectivity index (χ1) is 10.6. The van der Waals surface area contributed by atoms with Crippen molar-refractivity contribution in [1.82, 2.24) is 20.0 Å². The van der Waals surface area contributed by atoms with Crippen molar-refractivity contribution < 1.29 is 18.0 Å². The second kappa shape index (κ2) is 6.23. The van der Waals surface area contributed by atoms with Crippen LogP contribution in [0.15, 0.2) is 0 Å². The Morgan fingerprint density at radius 2 is 2.00 bits per heavy atom. The first-order valence-electron chi connectivity index (χ1n) is 6.72. The fourth-order valence-corrected chi connectivity index (χ4v) is 2.22. The van der Waals surface area contributed by atoms with Gasteiger partial charge < -0.3 is 5.32 Å². The molecule has 0 atom stereocenters. The predicted molar refractivity (Wildman–Crippen MR) is 78.3 cm³/mol. The Balaban J connectivity index is 2.06. The fraction of sp³-hybridized carbons (Fsp3) is 0.462. The van der Waals surface area contributed by atoms with Crippen LogP contribution < -0.4 is 5.32 Å². The van der Waals surface area contributed by atoms with Gasteiger partial charge in [-0.2, -0.15) is 23.4 Å². The highest BCUT2D eigenvalue weighted by Crippen LogP contribution is 2.34. The van der Waals surface area contributed by atoms with Gasteiger partial charge in [0.25, 0.3) is 0 Å². The number of nitrogens with one attached hydrogen (secondary N) is 2. The van der Waals surface area contributed by atoms with Gasteiger partial charge in [-0.1, -0.05) is 11.6 Å². The number of H-pyrrole nitrogens is 1. The molecular formula is C13H15ClF3N5O. The number of nitrogens with zero attached hydrogens (tertiary/aromatic N) is 3. The molecule has 0 aliphatic heterocycles. The summed E-state index contributed by atoms with van der Waals surface area (Å²) in [6.07, 6.45) is -4.68. The highest BCUT2D eigenvalue weighted by Gasteiger charge is 2.38. The molecule has 10 heteroatoms. The Morgan fingerprint density at radius 1 is 1.35 bits per heavy atom. The van der Waals surface area contributed by atoms with Crippen molar-refractivity contribution >= 4 is 23.2 Å². The molecule has 0 aromatic carbocycles. The van der Waals surface area contributed by atoms with E-state index in [0.717, 1.165) is 0 Å². The van der Waals surface area contributed by atoms with Crippen LogP contribution in [0, 0.1) is 20.8 Å². The third kappa shape index (κ3) is 3.66. The Kier molecular flexibility index (Phi) is 4.69. The van der Waals surface area contributed by atoms with E-state index >= 15 is 0 Å². The van der Waals surface area contributed by atoms with Crippen LogP contribution in [0.25, 0.3) is 0 Å². The van der Waals surface area contributed by atoms with Crippen LogP contribution in [-0.4, -0.2) is 25.9 Å². The van der Waals surface area contributed by atoms with Crippen LogP contribution in [0.2, 0.25) is 5.02 Å². The highest BCUT2D eigenvalue weighted by molar-refractivity contribution is 6.31. The molecule has 0 aliphatic rings. The van der Waals surface area contributed by atoms with E-state index in [4.69, 9.17) is 11.6 Å². The number of carbonyl (C=O) groups excluding carboxylic acids is 1. The van der Waals surface area contributed by atoms with E-state index in [2.05, 4.69) is 20.6 Å². The standard InChI is InChI=1S/C13H15ClF3N5O/c1-6-10(14)8(3)22(21-6)5-4-9(23)18-11-7(2)19-20-12(11)13(15,16)17/h4-5H2,1-3H3,(H,18,23)(H,19,20). The minimum absolute atomic E-state index is 0.0415. The summed E-state index contributed by atoms with van der Waals surface area (Å²) in [7, 11) is 0. The zero-order valence-electron chi connectivity index (χ0n) is 12.7. The lowest BCUT2D eigenvalue weighted by Gasteiger charge is -2.09. The third-order valence-electron chi connectivity index (χ3n) is 3.32. The maximum absolute atomic E-state index is 12.8. The summed E-state index contributed by atoms with van der Waals surface area (Å²) in [5.41, 5.74) is -0.0201. The van der Waals surface area contributed by atoms with Crippen LogP contribution in [0.3, 0.4) is 0 Å². The minimum atomic E-state index is -4.64. The topological polar surface area (TPSA) is 75.6 Å². The van der Waals surface area contributed by atoms with Crippen LogP contribution >= 0.6 is 11.6 Å². The molecule has 2 rings (SSSR count). The van der Waals surface area contributed by atoms with E-state index < -0.39 is 17.8 Å². The molecule has 126 valence electrons. The number of alkyl halides is 3. The van der Waals surface area contributed by atoms with Crippen molar-refractivity contribution in [3.63, 3.8) is 0 Å². The molecular weight excluding hydrogens is 335 g/mol. The lowest BCUT2D eigenvalue weighted by Crippen LogP contribution is -2.18. The molecule has 6 nitrogen and oxygen atoms in total. The minimum Gasteiger partial charge on any atom is -0.323 e. The second-order valence-corrected chi connectivity index (χ2v) is 5.45. The number of rotatable bonds is 4. The number of anilines is 1. The molecule has 0 bridgehead atoms. The van der Waals surface area contributed by atoms with Gasteiger partial charge in [0.1, 0.15) is 0 Å². The van der Waals surface area contributed by atoms with Gasteiger partial charge in [-0.15, -0.1) is 0 Å². The molecule has 2 heterocycles. The van der Waals surface area contributed by atoms with Crippen molar-refractivity contribution in [2.75, 3.05) is 5.32 Å². The first kappa shape index (κ1) is 17.3. The quantitative estimate of drug-likeness (QED) is 0.889. The summed E-state index contributed by atoms with van der Waals surface area (Å²) in [5.74, 6) is -0.566. The number of aryl methyl sites for hydroxylation is 3. The molecule has 0 aliphatic carbocycles. The molecule has 0 saturated heterocycles. The maximum atomic E-state index is 12.8. The van der Waals surface area contributed by atoms with E-state index in [9.17, 15) is 18.0 Å². The number of hydrogen-bond donors (Lipinski definition) is 2. The summed E-state index contributed by atoms with van der Waals surface area (Å²) < 4.78 is 39.9. The number of aromatic amines is 1. The summed E-state index contributed by atoms with van der Waals surface area (Å²) in [4.78, 5) is 11.9. The number of amides is 1. The zero-order chi connectivity index (χ0) is 17.4. The average molecular weight is 350 g/mol. The van der Waals surface area contributed by atoms with Crippen LogP contribution in [0.4, 0.5) is 18.9 Å². The largest absolute Gasteiger partial charge is 0.437 e. The Bertz CT molecular complexity index is 735. The van der Waals surface area contributed by atoms with Crippen molar-refractivity contribution in [2.24, 2.45) is 0 Å². The molecule has 2 aromatic heterocycles. The Morgan fingerprint density at radius 3 is 2.52 bits per heavy atom. The lowest BCUT2D eigenvalue weighted by atomic mass is 10.2. The van der Waals surface area contributed by atoms with Gasteiger partial charge >= 0.3 is 6.18 Å². The smallest absolute Gasteiger partial charge is 0.323 e. The maximum Gasteiger partial charge on any atom is 0.437 e. The molecule has 0 unspecified atom stereocenters. The summed E-state index contributed by atoms with van der Waals surface area (Å²) in [5, 5.41) is 12.3. The number of halogens is 4. The van der Waals surface area contributed by atoms with Crippen molar-refractivity contribution in [2.45, 2.75) is 39.9 Å². The number of hydrogen-bond acceptors (Lipinski definition) is 3. The van der Waals surface area contributed by atoms with Gasteiger partial charge in [0.2, 0.25) is 5.91 Å². The summed E-state index contributed by atoms with van der Waals surface area (Å²) in [6, 6.07) is 0. The van der Waals surface area contributed by atoms with Crippen LogP contribution in [0.1, 0.15) is 29.2 Å². The van der Waals surface area contributed by atoms with Crippen molar-refractivity contribution in [3.05, 3.63) is 27.8 Å². The molecule has 0 saturated carbocycles. The van der Waals surface area contributed by atoms with Gasteiger partial charge in [0.05, 0.1) is 34.3 Å². The molecule has 0 radical (unpaired) electrons.